The van der Waals surface area contributed by atoms with Gasteiger partial charge in [0.25, 0.3) is 0 Å². The number of carbonyl (C=O) groups is 1. The van der Waals surface area contributed by atoms with Gasteiger partial charge >= 0.3 is 0 Å². The summed E-state index contributed by atoms with van der Waals surface area (Å²) in [5, 5.41) is 1.19. The molecule has 3 rings (SSSR count). The Morgan fingerprint density at radius 2 is 1.96 bits per heavy atom. The number of thiophene rings is 1. The van der Waals surface area contributed by atoms with Crippen LogP contribution in [0.15, 0.2) is 30.3 Å². The Hall–Kier alpha value is -1.15. The van der Waals surface area contributed by atoms with Crippen molar-refractivity contribution in [1.29, 1.82) is 0 Å². The monoisotopic (exact) mass is 330 g/mol. The summed E-state index contributed by atoms with van der Waals surface area (Å²) in [6.45, 7) is 6.56. The molecule has 126 valence electrons. The number of hydrogen-bond acceptors (Lipinski definition) is 2. The topological polar surface area (TPSA) is 17.1 Å². The number of fused-ring (bicyclic) bond motifs is 1. The van der Waals surface area contributed by atoms with Gasteiger partial charge in [0.05, 0.1) is 4.88 Å². The Labute approximate surface area is 145 Å². The third-order valence-electron chi connectivity index (χ3n) is 4.71. The molecule has 1 unspecified atom stereocenters. The molecule has 0 saturated heterocycles. The maximum Gasteiger partial charge on any atom is 0.175 e. The fourth-order valence-electron chi connectivity index (χ4n) is 2.80. The van der Waals surface area contributed by atoms with Crippen LogP contribution in [0, 0.1) is 11.8 Å². The number of rotatable bonds is 7. The molecule has 1 aromatic heterocycles. The minimum atomic E-state index is 0.206. The minimum Gasteiger partial charge on any atom is -0.293 e. The van der Waals surface area contributed by atoms with Gasteiger partial charge in [0, 0.05) is 10.6 Å². The minimum absolute atomic E-state index is 0.206. The number of ketones is 1. The molecule has 1 aliphatic rings. The molecule has 0 amide bonds. The van der Waals surface area contributed by atoms with Gasteiger partial charge in [-0.1, -0.05) is 71.1 Å². The molecule has 1 aromatic carbocycles. The van der Waals surface area contributed by atoms with Crippen LogP contribution in [0.5, 0.6) is 0 Å². The van der Waals surface area contributed by atoms with Crippen LogP contribution >= 0.6 is 11.3 Å². The van der Waals surface area contributed by atoms with E-state index < -0.39 is 0 Å². The van der Waals surface area contributed by atoms with Gasteiger partial charge in [0.1, 0.15) is 0 Å². The Morgan fingerprint density at radius 3 is 2.48 bits per heavy atom. The first-order valence-corrected chi connectivity index (χ1v) is 10.0. The predicted octanol–water partition coefficient (Wildman–Crippen LogP) is 7.11. The van der Waals surface area contributed by atoms with Crippen molar-refractivity contribution >= 4 is 27.2 Å². The highest BCUT2D eigenvalue weighted by molar-refractivity contribution is 7.20. The highest BCUT2D eigenvalue weighted by Crippen LogP contribution is 2.31. The van der Waals surface area contributed by atoms with Crippen LogP contribution in [0.1, 0.15) is 75.4 Å². The second-order valence-corrected chi connectivity index (χ2v) is 7.70. The second kappa shape index (κ2) is 9.22. The zero-order chi connectivity index (χ0) is 16.7. The van der Waals surface area contributed by atoms with Gasteiger partial charge in [-0.3, -0.25) is 4.79 Å². The zero-order valence-electron chi connectivity index (χ0n) is 14.8. The number of hydrogen-bond donors (Lipinski definition) is 0. The van der Waals surface area contributed by atoms with E-state index in [1.54, 1.807) is 11.3 Å². The summed E-state index contributed by atoms with van der Waals surface area (Å²) in [6.07, 6.45) is 8.73. The first kappa shape index (κ1) is 18.2. The van der Waals surface area contributed by atoms with E-state index in [1.165, 1.54) is 29.3 Å². The van der Waals surface area contributed by atoms with Crippen LogP contribution in [0.2, 0.25) is 0 Å². The first-order valence-electron chi connectivity index (χ1n) is 9.22. The largest absolute Gasteiger partial charge is 0.293 e. The zero-order valence-corrected chi connectivity index (χ0v) is 15.6. The van der Waals surface area contributed by atoms with Crippen LogP contribution in [0.4, 0.5) is 0 Å². The van der Waals surface area contributed by atoms with Crippen molar-refractivity contribution in [3.8, 4) is 0 Å². The Morgan fingerprint density at radius 1 is 1.22 bits per heavy atom. The second-order valence-electron chi connectivity index (χ2n) is 6.61. The van der Waals surface area contributed by atoms with Gasteiger partial charge < -0.3 is 0 Å². The molecule has 0 bridgehead atoms. The van der Waals surface area contributed by atoms with Crippen LogP contribution < -0.4 is 0 Å². The van der Waals surface area contributed by atoms with E-state index in [0.29, 0.717) is 5.78 Å². The van der Waals surface area contributed by atoms with Crippen LogP contribution in [-0.2, 0) is 0 Å². The molecule has 23 heavy (non-hydrogen) atoms. The van der Waals surface area contributed by atoms with E-state index in [0.717, 1.165) is 36.5 Å². The summed E-state index contributed by atoms with van der Waals surface area (Å²) in [6, 6.07) is 10.3. The molecule has 0 radical (unpaired) electrons. The summed E-state index contributed by atoms with van der Waals surface area (Å²) in [5.41, 5.74) is 0. The maximum absolute atomic E-state index is 12.5. The third kappa shape index (κ3) is 5.46. The third-order valence-corrected chi connectivity index (χ3v) is 5.84. The highest BCUT2D eigenvalue weighted by atomic mass is 32.1. The van der Waals surface area contributed by atoms with E-state index in [4.69, 9.17) is 0 Å². The molecule has 1 atom stereocenters. The fraction of sp³-hybridized carbons (Fsp3) is 0.571. The molecule has 0 spiro atoms. The Kier molecular flexibility index (Phi) is 7.29. The molecule has 1 fully saturated rings. The molecule has 1 heterocycles. The molecule has 1 nitrogen and oxygen atoms in total. The number of Topliss-reactive ketones (excluding diaryl/α,β-unsaturated/α-hetero) is 1. The standard InChI is InChI=1S/C16H20OS.C5H10/c1-3-5-8-12(4-2)16(17)15-11-13-9-6-7-10-14(13)18-15;1-2-5-3-4-5/h6-7,9-12H,3-5,8H2,1-2H3;5H,2-4H2,1H3. The fourth-order valence-corrected chi connectivity index (χ4v) is 3.88. The average Bonchev–Trinajstić information content (AvgIpc) is 3.33. The van der Waals surface area contributed by atoms with E-state index in [1.807, 2.05) is 12.1 Å². The molecule has 0 aliphatic heterocycles. The average molecular weight is 331 g/mol. The summed E-state index contributed by atoms with van der Waals surface area (Å²) < 4.78 is 1.21. The summed E-state index contributed by atoms with van der Waals surface area (Å²) in [4.78, 5) is 13.4. The summed E-state index contributed by atoms with van der Waals surface area (Å²) >= 11 is 1.63. The molecule has 1 aliphatic carbocycles. The number of unbranched alkanes of at least 4 members (excludes halogenated alkanes) is 1. The van der Waals surface area contributed by atoms with Crippen LogP contribution in [0.25, 0.3) is 10.1 Å². The predicted molar refractivity (Wildman–Crippen MR) is 102 cm³/mol. The van der Waals surface area contributed by atoms with Gasteiger partial charge in [-0.2, -0.15) is 0 Å². The maximum atomic E-state index is 12.5. The quantitative estimate of drug-likeness (QED) is 0.494. The Bertz CT molecular complexity index is 576. The van der Waals surface area contributed by atoms with Crippen molar-refractivity contribution in [2.24, 2.45) is 11.8 Å². The lowest BCUT2D eigenvalue weighted by Gasteiger charge is -2.11. The van der Waals surface area contributed by atoms with Gasteiger partial charge in [-0.25, -0.2) is 0 Å². The molecular formula is C21H30OS. The Balaban J connectivity index is 0.000000326. The van der Waals surface area contributed by atoms with Crippen molar-refractivity contribution < 1.29 is 4.79 Å². The van der Waals surface area contributed by atoms with Gasteiger partial charge in [0.2, 0.25) is 0 Å². The van der Waals surface area contributed by atoms with Gasteiger partial charge in [-0.15, -0.1) is 11.3 Å². The number of carbonyl (C=O) groups excluding carboxylic acids is 1. The first-order chi connectivity index (χ1) is 11.2. The van der Waals surface area contributed by atoms with Crippen molar-refractivity contribution in [3.05, 3.63) is 35.2 Å². The van der Waals surface area contributed by atoms with Crippen molar-refractivity contribution in [2.45, 2.75) is 65.7 Å². The molecule has 2 heteroatoms. The van der Waals surface area contributed by atoms with Crippen molar-refractivity contribution in [2.75, 3.05) is 0 Å². The SMILES string of the molecule is CCC1CC1.CCCCC(CC)C(=O)c1cc2ccccc2s1. The lowest BCUT2D eigenvalue weighted by atomic mass is 9.94. The van der Waals surface area contributed by atoms with Crippen LogP contribution in [0.3, 0.4) is 0 Å². The lowest BCUT2D eigenvalue weighted by molar-refractivity contribution is 0.0912. The van der Waals surface area contributed by atoms with E-state index in [-0.39, 0.29) is 5.92 Å². The van der Waals surface area contributed by atoms with E-state index in [9.17, 15) is 4.79 Å². The van der Waals surface area contributed by atoms with E-state index >= 15 is 0 Å². The lowest BCUT2D eigenvalue weighted by Crippen LogP contribution is -2.12. The summed E-state index contributed by atoms with van der Waals surface area (Å²) in [7, 11) is 0. The molecule has 0 N–H and O–H groups in total. The number of benzene rings is 1. The van der Waals surface area contributed by atoms with E-state index in [2.05, 4.69) is 39.0 Å². The molecule has 1 saturated carbocycles. The summed E-state index contributed by atoms with van der Waals surface area (Å²) in [5.74, 6) is 1.68. The molecule has 2 aromatic rings. The van der Waals surface area contributed by atoms with Crippen LogP contribution in [-0.4, -0.2) is 5.78 Å². The smallest absolute Gasteiger partial charge is 0.175 e. The normalized spacial score (nSPS) is 15.1. The van der Waals surface area contributed by atoms with Gasteiger partial charge in [-0.05, 0) is 36.3 Å². The van der Waals surface area contributed by atoms with Crippen molar-refractivity contribution in [3.63, 3.8) is 0 Å². The molecular weight excluding hydrogens is 300 g/mol. The van der Waals surface area contributed by atoms with Gasteiger partial charge in [0.15, 0.2) is 5.78 Å². The highest BCUT2D eigenvalue weighted by Gasteiger charge is 2.19. The van der Waals surface area contributed by atoms with Crippen molar-refractivity contribution in [1.82, 2.24) is 0 Å².